The Morgan fingerprint density at radius 3 is 2.57 bits per heavy atom. The van der Waals surface area contributed by atoms with Crippen molar-refractivity contribution in [1.29, 1.82) is 0 Å². The van der Waals surface area contributed by atoms with Crippen molar-refractivity contribution >= 4 is 27.4 Å². The highest BCUT2D eigenvalue weighted by Gasteiger charge is 2.37. The van der Waals surface area contributed by atoms with Crippen LogP contribution in [0.15, 0.2) is 71.7 Å². The minimum absolute atomic E-state index is 0.155. The van der Waals surface area contributed by atoms with E-state index in [0.717, 1.165) is 36.1 Å². The number of allylic oxidation sites excluding steroid dienone is 1. The molecular formula is C27H21F3N2O3. The Morgan fingerprint density at radius 1 is 1.00 bits per heavy atom. The van der Waals surface area contributed by atoms with Crippen LogP contribution in [0.2, 0.25) is 0 Å². The number of pyridine rings is 2. The van der Waals surface area contributed by atoms with E-state index in [1.165, 1.54) is 22.8 Å². The van der Waals surface area contributed by atoms with Crippen molar-refractivity contribution < 1.29 is 22.6 Å². The predicted molar refractivity (Wildman–Crippen MR) is 126 cm³/mol. The number of ether oxygens (including phenoxy) is 2. The minimum atomic E-state index is -4.52. The topological polar surface area (TPSA) is 53.4 Å². The first kappa shape index (κ1) is 22.0. The Hall–Kier alpha value is -3.49. The van der Waals surface area contributed by atoms with Crippen molar-refractivity contribution in [2.75, 3.05) is 13.2 Å². The van der Waals surface area contributed by atoms with Crippen LogP contribution in [-0.2, 0) is 15.7 Å². The fraction of sp³-hybridized carbons (Fsp3) is 0.259. The van der Waals surface area contributed by atoms with Crippen LogP contribution in [0.1, 0.15) is 30.4 Å². The van der Waals surface area contributed by atoms with Crippen LogP contribution >= 0.6 is 0 Å². The van der Waals surface area contributed by atoms with Crippen molar-refractivity contribution in [2.24, 2.45) is 0 Å². The van der Waals surface area contributed by atoms with Crippen LogP contribution in [0.5, 0.6) is 0 Å². The molecule has 0 unspecified atom stereocenters. The SMILES string of the molecule is O=c1ccc2cnc3ccc(C4=CCC5(CC4)OCCO5)cc3c2n1-c1cccc(C(F)(F)F)c1. The fourth-order valence-corrected chi connectivity index (χ4v) is 5.02. The summed E-state index contributed by atoms with van der Waals surface area (Å²) in [6.45, 7) is 1.20. The molecule has 3 heterocycles. The van der Waals surface area contributed by atoms with Gasteiger partial charge in [0.1, 0.15) is 0 Å². The summed E-state index contributed by atoms with van der Waals surface area (Å²) in [6, 6.07) is 13.7. The zero-order chi connectivity index (χ0) is 24.2. The van der Waals surface area contributed by atoms with Crippen molar-refractivity contribution in [3.8, 4) is 5.69 Å². The number of rotatable bonds is 2. The monoisotopic (exact) mass is 478 g/mol. The molecule has 2 aromatic carbocycles. The maximum Gasteiger partial charge on any atom is 0.416 e. The maximum atomic E-state index is 13.4. The number of fused-ring (bicyclic) bond motifs is 3. The third-order valence-corrected chi connectivity index (χ3v) is 6.77. The molecule has 1 fully saturated rings. The zero-order valence-corrected chi connectivity index (χ0v) is 18.6. The second-order valence-electron chi connectivity index (χ2n) is 8.89. The summed E-state index contributed by atoms with van der Waals surface area (Å²) in [4.78, 5) is 17.5. The molecule has 0 atom stereocenters. The number of hydrogen-bond acceptors (Lipinski definition) is 4. The van der Waals surface area contributed by atoms with Gasteiger partial charge in [-0.3, -0.25) is 14.3 Å². The summed E-state index contributed by atoms with van der Waals surface area (Å²) in [6.07, 6.45) is 1.42. The summed E-state index contributed by atoms with van der Waals surface area (Å²) in [5.41, 5.74) is 2.23. The van der Waals surface area contributed by atoms with Crippen molar-refractivity contribution in [3.63, 3.8) is 0 Å². The Kier molecular flexibility index (Phi) is 5.05. The molecule has 0 N–H and O–H groups in total. The van der Waals surface area contributed by atoms with Gasteiger partial charge in [0.25, 0.3) is 5.56 Å². The van der Waals surface area contributed by atoms with Crippen LogP contribution in [-0.4, -0.2) is 28.6 Å². The van der Waals surface area contributed by atoms with E-state index in [1.54, 1.807) is 12.3 Å². The van der Waals surface area contributed by atoms with Gasteiger partial charge >= 0.3 is 6.18 Å². The normalized spacial score (nSPS) is 17.9. The first-order valence-electron chi connectivity index (χ1n) is 11.4. The van der Waals surface area contributed by atoms with Gasteiger partial charge in [0.15, 0.2) is 5.79 Å². The quantitative estimate of drug-likeness (QED) is 0.338. The van der Waals surface area contributed by atoms with E-state index in [4.69, 9.17) is 9.47 Å². The van der Waals surface area contributed by atoms with Crippen LogP contribution in [0, 0.1) is 0 Å². The molecule has 1 spiro atoms. The van der Waals surface area contributed by atoms with E-state index in [9.17, 15) is 18.0 Å². The molecule has 5 nitrogen and oxygen atoms in total. The lowest BCUT2D eigenvalue weighted by Gasteiger charge is -2.30. The van der Waals surface area contributed by atoms with E-state index >= 15 is 0 Å². The van der Waals surface area contributed by atoms with Gasteiger partial charge in [-0.05, 0) is 54.0 Å². The lowest BCUT2D eigenvalue weighted by molar-refractivity contribution is -0.159. The molecule has 0 bridgehead atoms. The summed E-state index contributed by atoms with van der Waals surface area (Å²) in [5.74, 6) is -0.529. The molecule has 1 aliphatic heterocycles. The molecule has 4 aromatic rings. The molecule has 0 radical (unpaired) electrons. The molecule has 0 saturated carbocycles. The van der Waals surface area contributed by atoms with Crippen LogP contribution in [0.3, 0.4) is 0 Å². The molecule has 1 aliphatic carbocycles. The number of aromatic nitrogens is 2. The highest BCUT2D eigenvalue weighted by atomic mass is 19.4. The smallest absolute Gasteiger partial charge is 0.347 e. The first-order chi connectivity index (χ1) is 16.8. The minimum Gasteiger partial charge on any atom is -0.347 e. The van der Waals surface area contributed by atoms with E-state index in [0.29, 0.717) is 41.4 Å². The van der Waals surface area contributed by atoms with E-state index in [1.807, 2.05) is 18.2 Å². The average molecular weight is 478 g/mol. The van der Waals surface area contributed by atoms with Crippen molar-refractivity contribution in [3.05, 3.63) is 88.4 Å². The summed E-state index contributed by atoms with van der Waals surface area (Å²) in [7, 11) is 0. The maximum absolute atomic E-state index is 13.4. The molecule has 0 amide bonds. The van der Waals surface area contributed by atoms with E-state index in [2.05, 4.69) is 11.1 Å². The van der Waals surface area contributed by atoms with Crippen LogP contribution in [0.4, 0.5) is 13.2 Å². The second kappa shape index (κ2) is 8.03. The molecule has 1 saturated heterocycles. The number of halogens is 3. The van der Waals surface area contributed by atoms with Gasteiger partial charge in [0, 0.05) is 41.6 Å². The second-order valence-corrected chi connectivity index (χ2v) is 8.89. The summed E-state index contributed by atoms with van der Waals surface area (Å²) in [5, 5.41) is 1.36. The molecular weight excluding hydrogens is 457 g/mol. The Bertz CT molecular complexity index is 1550. The van der Waals surface area contributed by atoms with Gasteiger partial charge in [-0.1, -0.05) is 18.2 Å². The highest BCUT2D eigenvalue weighted by Crippen LogP contribution is 2.39. The highest BCUT2D eigenvalue weighted by molar-refractivity contribution is 6.05. The standard InChI is InChI=1S/C27H21F3N2O3/c28-27(29,30)20-2-1-3-21(15-20)32-24(33)7-5-19-16-31-23-6-4-18(14-22(23)25(19)32)17-8-10-26(11-9-17)34-12-13-35-26/h1-8,14-16H,9-13H2. The molecule has 178 valence electrons. The number of alkyl halides is 3. The predicted octanol–water partition coefficient (Wildman–Crippen LogP) is 5.87. The lowest BCUT2D eigenvalue weighted by atomic mass is 9.89. The number of hydrogen-bond donors (Lipinski definition) is 0. The first-order valence-corrected chi connectivity index (χ1v) is 11.4. The van der Waals surface area contributed by atoms with Gasteiger partial charge in [-0.25, -0.2) is 0 Å². The Labute approximate surface area is 198 Å². The third kappa shape index (κ3) is 3.83. The van der Waals surface area contributed by atoms with Gasteiger partial charge in [0.2, 0.25) is 0 Å². The molecule has 2 aromatic heterocycles. The average Bonchev–Trinajstić information content (AvgIpc) is 3.31. The van der Waals surface area contributed by atoms with Gasteiger partial charge in [-0.15, -0.1) is 0 Å². The molecule has 35 heavy (non-hydrogen) atoms. The summed E-state index contributed by atoms with van der Waals surface area (Å²) < 4.78 is 53.2. The zero-order valence-electron chi connectivity index (χ0n) is 18.6. The van der Waals surface area contributed by atoms with Crippen molar-refractivity contribution in [1.82, 2.24) is 9.55 Å². The third-order valence-electron chi connectivity index (χ3n) is 6.77. The lowest BCUT2D eigenvalue weighted by Crippen LogP contribution is -2.31. The van der Waals surface area contributed by atoms with Gasteiger partial charge in [-0.2, -0.15) is 13.2 Å². The van der Waals surface area contributed by atoms with Crippen LogP contribution < -0.4 is 5.56 Å². The molecule has 8 heteroatoms. The Balaban J connectivity index is 1.54. The van der Waals surface area contributed by atoms with Gasteiger partial charge < -0.3 is 9.47 Å². The van der Waals surface area contributed by atoms with E-state index < -0.39 is 23.1 Å². The molecule has 6 rings (SSSR count). The largest absolute Gasteiger partial charge is 0.416 e. The molecule has 2 aliphatic rings. The van der Waals surface area contributed by atoms with Crippen LogP contribution in [0.25, 0.3) is 33.1 Å². The van der Waals surface area contributed by atoms with Crippen molar-refractivity contribution in [2.45, 2.75) is 31.2 Å². The summed E-state index contributed by atoms with van der Waals surface area (Å²) >= 11 is 0. The van der Waals surface area contributed by atoms with Gasteiger partial charge in [0.05, 0.1) is 29.8 Å². The number of nitrogens with zero attached hydrogens (tertiary/aromatic N) is 2. The number of benzene rings is 2. The fourth-order valence-electron chi connectivity index (χ4n) is 5.02. The Morgan fingerprint density at radius 2 is 1.83 bits per heavy atom. The van der Waals surface area contributed by atoms with E-state index in [-0.39, 0.29) is 5.69 Å².